The van der Waals surface area contributed by atoms with Crippen LogP contribution in [0, 0.1) is 0 Å². The van der Waals surface area contributed by atoms with Gasteiger partial charge in [0.2, 0.25) is 5.91 Å². The first kappa shape index (κ1) is 57.1. The van der Waals surface area contributed by atoms with Crippen molar-refractivity contribution in [2.24, 2.45) is 0 Å². The molecule has 1 amide bonds. The van der Waals surface area contributed by atoms with Crippen LogP contribution in [-0.4, -0.2) is 110 Å². The second kappa shape index (κ2) is 39.7. The third-order valence-electron chi connectivity index (χ3n) is 12.7. The highest BCUT2D eigenvalue weighted by Gasteiger charge is 2.44. The van der Waals surface area contributed by atoms with Gasteiger partial charge < -0.3 is 50.5 Å². The SMILES string of the molecule is CCCCCCCCCCCCCCCCCCCCCCCCC(O)C(O)C(COC1OC(CO)C(O)C(O)C1O)NC(=O)C(O)CCCCCCCCCCCCC. The maximum absolute atomic E-state index is 13.1. The number of unbranched alkanes of at least 4 members (excludes halogenated alkanes) is 31. The molecule has 0 spiro atoms. The van der Waals surface area contributed by atoms with Gasteiger partial charge in [-0.15, -0.1) is 0 Å². The third kappa shape index (κ3) is 28.7. The lowest BCUT2D eigenvalue weighted by Crippen LogP contribution is -2.60. The van der Waals surface area contributed by atoms with Gasteiger partial charge in [0.1, 0.15) is 36.6 Å². The van der Waals surface area contributed by atoms with E-state index in [1.807, 2.05) is 0 Å². The number of amides is 1. The Kier molecular flexibility index (Phi) is 37.8. The molecular formula is C49H97NO10. The Morgan fingerprint density at radius 2 is 0.867 bits per heavy atom. The summed E-state index contributed by atoms with van der Waals surface area (Å²) in [6.45, 7) is 3.45. The molecule has 0 aromatic rings. The molecule has 11 heteroatoms. The van der Waals surface area contributed by atoms with Crippen LogP contribution in [0.3, 0.4) is 0 Å². The molecule has 1 heterocycles. The molecule has 0 aliphatic carbocycles. The number of aliphatic hydroxyl groups is 7. The molecule has 0 aromatic heterocycles. The van der Waals surface area contributed by atoms with E-state index < -0.39 is 74.2 Å². The summed E-state index contributed by atoms with van der Waals surface area (Å²) in [5.74, 6) is -0.694. The molecular weight excluding hydrogens is 763 g/mol. The zero-order chi connectivity index (χ0) is 44.1. The molecule has 8 N–H and O–H groups in total. The summed E-state index contributed by atoms with van der Waals surface area (Å²) < 4.78 is 11.1. The lowest BCUT2D eigenvalue weighted by molar-refractivity contribution is -0.303. The predicted molar refractivity (Wildman–Crippen MR) is 243 cm³/mol. The van der Waals surface area contributed by atoms with Crippen LogP contribution in [-0.2, 0) is 14.3 Å². The minimum atomic E-state index is -1.66. The molecule has 9 unspecified atom stereocenters. The smallest absolute Gasteiger partial charge is 0.249 e. The number of ether oxygens (including phenoxy) is 2. The van der Waals surface area contributed by atoms with Crippen LogP contribution < -0.4 is 5.32 Å². The summed E-state index contributed by atoms with van der Waals surface area (Å²) in [5, 5.41) is 75.8. The van der Waals surface area contributed by atoms with E-state index in [9.17, 15) is 40.5 Å². The Labute approximate surface area is 367 Å². The Balaban J connectivity index is 2.34. The molecule has 1 rings (SSSR count). The largest absolute Gasteiger partial charge is 0.394 e. The first-order chi connectivity index (χ1) is 29.2. The monoisotopic (exact) mass is 860 g/mol. The molecule has 11 nitrogen and oxygen atoms in total. The summed E-state index contributed by atoms with van der Waals surface area (Å²) in [6, 6.07) is -1.16. The summed E-state index contributed by atoms with van der Waals surface area (Å²) in [6.07, 6.45) is 30.2. The van der Waals surface area contributed by atoms with Gasteiger partial charge in [0, 0.05) is 0 Å². The Morgan fingerprint density at radius 1 is 0.517 bits per heavy atom. The number of hydrogen-bond acceptors (Lipinski definition) is 10. The van der Waals surface area contributed by atoms with E-state index in [0.29, 0.717) is 19.3 Å². The van der Waals surface area contributed by atoms with E-state index in [-0.39, 0.29) is 6.42 Å². The molecule has 0 radical (unpaired) electrons. The average Bonchev–Trinajstić information content (AvgIpc) is 3.25. The normalized spacial score (nSPS) is 21.5. The van der Waals surface area contributed by atoms with Crippen LogP contribution in [0.25, 0.3) is 0 Å². The molecule has 0 aromatic carbocycles. The van der Waals surface area contributed by atoms with Gasteiger partial charge in [0.25, 0.3) is 0 Å². The number of rotatable bonds is 43. The van der Waals surface area contributed by atoms with Crippen molar-refractivity contribution in [2.75, 3.05) is 13.2 Å². The van der Waals surface area contributed by atoms with Crippen molar-refractivity contribution in [3.63, 3.8) is 0 Å². The highest BCUT2D eigenvalue weighted by atomic mass is 16.7. The number of carbonyl (C=O) groups excluding carboxylic acids is 1. The van der Waals surface area contributed by atoms with Gasteiger partial charge in [-0.05, 0) is 12.8 Å². The number of carbonyl (C=O) groups is 1. The zero-order valence-electron chi connectivity index (χ0n) is 38.7. The molecule has 1 aliphatic rings. The predicted octanol–water partition coefficient (Wildman–Crippen LogP) is 9.06. The molecule has 1 aliphatic heterocycles. The Hall–Kier alpha value is -0.890. The Morgan fingerprint density at radius 3 is 1.23 bits per heavy atom. The molecule has 1 saturated heterocycles. The summed E-state index contributed by atoms with van der Waals surface area (Å²) in [5.41, 5.74) is 0. The zero-order valence-corrected chi connectivity index (χ0v) is 38.7. The van der Waals surface area contributed by atoms with Gasteiger partial charge in [-0.1, -0.05) is 226 Å². The van der Waals surface area contributed by atoms with Gasteiger partial charge in [-0.25, -0.2) is 0 Å². The van der Waals surface area contributed by atoms with E-state index in [1.54, 1.807) is 0 Å². The van der Waals surface area contributed by atoms with Crippen LogP contribution in [0.15, 0.2) is 0 Å². The van der Waals surface area contributed by atoms with Crippen molar-refractivity contribution in [1.29, 1.82) is 0 Å². The van der Waals surface area contributed by atoms with Crippen molar-refractivity contribution in [3.8, 4) is 0 Å². The van der Waals surface area contributed by atoms with Crippen molar-refractivity contribution >= 4 is 5.91 Å². The van der Waals surface area contributed by atoms with E-state index in [4.69, 9.17) is 9.47 Å². The van der Waals surface area contributed by atoms with Crippen molar-refractivity contribution < 1.29 is 50.0 Å². The van der Waals surface area contributed by atoms with Crippen molar-refractivity contribution in [2.45, 2.75) is 294 Å². The van der Waals surface area contributed by atoms with Crippen LogP contribution in [0.2, 0.25) is 0 Å². The first-order valence-electron chi connectivity index (χ1n) is 25.4. The van der Waals surface area contributed by atoms with Crippen molar-refractivity contribution in [3.05, 3.63) is 0 Å². The molecule has 358 valence electrons. The van der Waals surface area contributed by atoms with Gasteiger partial charge in [0.15, 0.2) is 6.29 Å². The molecule has 60 heavy (non-hydrogen) atoms. The van der Waals surface area contributed by atoms with Gasteiger partial charge in [-0.2, -0.15) is 0 Å². The van der Waals surface area contributed by atoms with E-state index in [2.05, 4.69) is 19.2 Å². The van der Waals surface area contributed by atoms with Crippen LogP contribution >= 0.6 is 0 Å². The van der Waals surface area contributed by atoms with Gasteiger partial charge in [-0.3, -0.25) is 4.79 Å². The molecule has 0 bridgehead atoms. The summed E-state index contributed by atoms with van der Waals surface area (Å²) >= 11 is 0. The van der Waals surface area contributed by atoms with E-state index in [1.165, 1.54) is 161 Å². The Bertz CT molecular complexity index is 944. The first-order valence-corrected chi connectivity index (χ1v) is 25.4. The second-order valence-electron chi connectivity index (χ2n) is 18.3. The topological polar surface area (TPSA) is 189 Å². The standard InChI is InChI=1S/C49H97NO10/c1-3-5-7-9-11-13-15-16-17-18-19-20-21-22-23-24-25-27-28-30-32-34-36-41(52)44(54)40(39-59-49-47(57)46(56)45(55)43(38-51)60-49)50-48(58)42(53)37-35-33-31-29-26-14-12-10-8-6-4-2/h40-47,49,51-57H,3-39H2,1-2H3,(H,50,58). The molecule has 1 fully saturated rings. The average molecular weight is 860 g/mol. The maximum atomic E-state index is 13.1. The lowest BCUT2D eigenvalue weighted by atomic mass is 9.98. The van der Waals surface area contributed by atoms with E-state index in [0.717, 1.165) is 38.5 Å². The highest BCUT2D eigenvalue weighted by Crippen LogP contribution is 2.23. The summed E-state index contributed by atoms with van der Waals surface area (Å²) in [7, 11) is 0. The number of nitrogens with one attached hydrogen (secondary N) is 1. The fourth-order valence-electron chi connectivity index (χ4n) is 8.44. The van der Waals surface area contributed by atoms with Gasteiger partial charge in [0.05, 0.1) is 25.4 Å². The number of hydrogen-bond donors (Lipinski definition) is 8. The van der Waals surface area contributed by atoms with Crippen LogP contribution in [0.5, 0.6) is 0 Å². The minimum absolute atomic E-state index is 0.265. The van der Waals surface area contributed by atoms with Crippen LogP contribution in [0.4, 0.5) is 0 Å². The van der Waals surface area contributed by atoms with Crippen LogP contribution in [0.1, 0.15) is 239 Å². The van der Waals surface area contributed by atoms with Gasteiger partial charge >= 0.3 is 0 Å². The molecule has 9 atom stereocenters. The summed E-state index contributed by atoms with van der Waals surface area (Å²) in [4.78, 5) is 13.1. The molecule has 0 saturated carbocycles. The fraction of sp³-hybridized carbons (Fsp3) is 0.980. The van der Waals surface area contributed by atoms with E-state index >= 15 is 0 Å². The third-order valence-corrected chi connectivity index (χ3v) is 12.7. The fourth-order valence-corrected chi connectivity index (χ4v) is 8.44. The minimum Gasteiger partial charge on any atom is -0.394 e. The maximum Gasteiger partial charge on any atom is 0.249 e. The van der Waals surface area contributed by atoms with Crippen molar-refractivity contribution in [1.82, 2.24) is 5.32 Å². The highest BCUT2D eigenvalue weighted by molar-refractivity contribution is 5.80. The quantitative estimate of drug-likeness (QED) is 0.0275. The second-order valence-corrected chi connectivity index (χ2v) is 18.3. The number of aliphatic hydroxyl groups excluding tert-OH is 7. The lowest BCUT2D eigenvalue weighted by Gasteiger charge is -2.40.